The van der Waals surface area contributed by atoms with Crippen molar-refractivity contribution in [2.45, 2.75) is 63.5 Å². The number of rotatable bonds is 5. The maximum Gasteiger partial charge on any atom is 0.220 e. The van der Waals surface area contributed by atoms with Gasteiger partial charge in [-0.25, -0.2) is 0 Å². The molecule has 0 radical (unpaired) electrons. The first-order chi connectivity index (χ1) is 11.7. The maximum absolute atomic E-state index is 12.5. The average molecular weight is 329 g/mol. The molecular weight excluding hydrogens is 302 g/mol. The second-order valence-electron chi connectivity index (χ2n) is 7.75. The largest absolute Gasteiger partial charge is 0.493 e. The molecule has 0 unspecified atom stereocenters. The summed E-state index contributed by atoms with van der Waals surface area (Å²) in [7, 11) is 0. The van der Waals surface area contributed by atoms with Crippen molar-refractivity contribution in [2.24, 2.45) is 11.8 Å². The fourth-order valence-electron chi connectivity index (χ4n) is 4.48. The van der Waals surface area contributed by atoms with Crippen molar-refractivity contribution in [2.75, 3.05) is 6.61 Å². The number of amides is 1. The quantitative estimate of drug-likeness (QED) is 0.872. The fourth-order valence-corrected chi connectivity index (χ4v) is 4.48. The molecule has 130 valence electrons. The van der Waals surface area contributed by atoms with Crippen molar-refractivity contribution in [1.29, 1.82) is 0 Å². The van der Waals surface area contributed by atoms with Gasteiger partial charge in [0.1, 0.15) is 5.75 Å². The summed E-state index contributed by atoms with van der Waals surface area (Å²) in [5, 5.41) is 13.0. The lowest BCUT2D eigenvalue weighted by atomic mass is 9.74. The summed E-state index contributed by atoms with van der Waals surface area (Å²) in [6.45, 7) is 0.750. The van der Waals surface area contributed by atoms with Crippen molar-refractivity contribution in [3.05, 3.63) is 29.3 Å². The Morgan fingerprint density at radius 1 is 1.29 bits per heavy atom. The van der Waals surface area contributed by atoms with E-state index < -0.39 is 0 Å². The van der Waals surface area contributed by atoms with Crippen molar-refractivity contribution >= 4 is 5.91 Å². The van der Waals surface area contributed by atoms with E-state index in [4.69, 9.17) is 4.74 Å². The highest BCUT2D eigenvalue weighted by Gasteiger charge is 2.36. The predicted molar refractivity (Wildman–Crippen MR) is 91.8 cm³/mol. The molecule has 1 aromatic carbocycles. The van der Waals surface area contributed by atoms with Gasteiger partial charge in [-0.05, 0) is 60.8 Å². The van der Waals surface area contributed by atoms with E-state index >= 15 is 0 Å². The standard InChI is InChI=1S/C20H27NO3/c22-17-11-16(12-17)20(21-19(23)9-13-3-1-2-4-13)15-5-6-18-14(10-15)7-8-24-18/h5-6,10,13,16-17,20,22H,1-4,7-9,11-12H2,(H,21,23)/t16?,17?,20-/m1/s1. The second-order valence-corrected chi connectivity index (χ2v) is 7.75. The number of aliphatic hydroxyl groups is 1. The molecular formula is C20H27NO3. The van der Waals surface area contributed by atoms with E-state index in [-0.39, 0.29) is 18.1 Å². The van der Waals surface area contributed by atoms with Crippen molar-refractivity contribution < 1.29 is 14.6 Å². The van der Waals surface area contributed by atoms with Crippen LogP contribution in [0.25, 0.3) is 0 Å². The number of ether oxygens (including phenoxy) is 1. The van der Waals surface area contributed by atoms with Gasteiger partial charge >= 0.3 is 0 Å². The molecule has 1 heterocycles. The van der Waals surface area contributed by atoms with Gasteiger partial charge in [0.15, 0.2) is 0 Å². The van der Waals surface area contributed by atoms with Crippen LogP contribution in [-0.4, -0.2) is 23.7 Å². The molecule has 2 fully saturated rings. The van der Waals surface area contributed by atoms with E-state index in [9.17, 15) is 9.90 Å². The second kappa shape index (κ2) is 6.75. The summed E-state index contributed by atoms with van der Waals surface area (Å²) < 4.78 is 5.59. The lowest BCUT2D eigenvalue weighted by Crippen LogP contribution is -2.41. The van der Waals surface area contributed by atoms with Crippen molar-refractivity contribution in [1.82, 2.24) is 5.32 Å². The number of hydrogen-bond acceptors (Lipinski definition) is 3. The van der Waals surface area contributed by atoms with Crippen LogP contribution < -0.4 is 10.1 Å². The van der Waals surface area contributed by atoms with Gasteiger partial charge in [-0.3, -0.25) is 4.79 Å². The van der Waals surface area contributed by atoms with Crippen LogP contribution in [-0.2, 0) is 11.2 Å². The van der Waals surface area contributed by atoms with Crippen LogP contribution in [0.5, 0.6) is 5.75 Å². The first-order valence-corrected chi connectivity index (χ1v) is 9.42. The normalized spacial score (nSPS) is 27.2. The molecule has 2 aliphatic carbocycles. The molecule has 1 aromatic rings. The Morgan fingerprint density at radius 2 is 2.08 bits per heavy atom. The third-order valence-corrected chi connectivity index (χ3v) is 5.96. The molecule has 4 heteroatoms. The first kappa shape index (κ1) is 15.9. The molecule has 0 aromatic heterocycles. The fraction of sp³-hybridized carbons (Fsp3) is 0.650. The minimum absolute atomic E-state index is 0.0215. The van der Waals surface area contributed by atoms with E-state index in [0.29, 0.717) is 18.3 Å². The van der Waals surface area contributed by atoms with Gasteiger partial charge in [0.25, 0.3) is 0 Å². The van der Waals surface area contributed by atoms with Crippen molar-refractivity contribution in [3.63, 3.8) is 0 Å². The van der Waals surface area contributed by atoms with Gasteiger partial charge in [-0.2, -0.15) is 0 Å². The third kappa shape index (κ3) is 3.30. The number of fused-ring (bicyclic) bond motifs is 1. The Labute approximate surface area is 143 Å². The van der Waals surface area contributed by atoms with Gasteiger partial charge in [0, 0.05) is 12.8 Å². The molecule has 24 heavy (non-hydrogen) atoms. The lowest BCUT2D eigenvalue weighted by Gasteiger charge is -2.38. The predicted octanol–water partition coefficient (Wildman–Crippen LogP) is 3.13. The molecule has 1 atom stereocenters. The Bertz CT molecular complexity index is 603. The number of nitrogens with one attached hydrogen (secondary N) is 1. The average Bonchev–Trinajstić information content (AvgIpc) is 3.20. The van der Waals surface area contributed by atoms with Gasteiger partial charge < -0.3 is 15.2 Å². The Morgan fingerprint density at radius 3 is 2.83 bits per heavy atom. The Balaban J connectivity index is 1.47. The Hall–Kier alpha value is -1.55. The zero-order chi connectivity index (χ0) is 16.5. The molecule has 0 spiro atoms. The SMILES string of the molecule is O=C(CC1CCCC1)N[C@H](c1ccc2c(c1)CCO2)C1CC(O)C1. The first-order valence-electron chi connectivity index (χ1n) is 9.42. The summed E-state index contributed by atoms with van der Waals surface area (Å²) >= 11 is 0. The van der Waals surface area contributed by atoms with E-state index in [2.05, 4.69) is 17.4 Å². The van der Waals surface area contributed by atoms with E-state index in [0.717, 1.165) is 37.2 Å². The van der Waals surface area contributed by atoms with Crippen LogP contribution in [0.15, 0.2) is 18.2 Å². The Kier molecular flexibility index (Phi) is 4.49. The summed E-state index contributed by atoms with van der Waals surface area (Å²) in [6, 6.07) is 6.32. The van der Waals surface area contributed by atoms with Crippen LogP contribution in [0.1, 0.15) is 62.1 Å². The molecule has 3 aliphatic rings. The highest BCUT2D eigenvalue weighted by atomic mass is 16.5. The lowest BCUT2D eigenvalue weighted by molar-refractivity contribution is -0.124. The van der Waals surface area contributed by atoms with E-state index in [1.165, 1.54) is 31.2 Å². The van der Waals surface area contributed by atoms with Crippen LogP contribution >= 0.6 is 0 Å². The molecule has 0 saturated heterocycles. The molecule has 4 rings (SSSR count). The number of aliphatic hydroxyl groups excluding tert-OH is 1. The van der Waals surface area contributed by atoms with Crippen molar-refractivity contribution in [3.8, 4) is 5.75 Å². The summed E-state index contributed by atoms with van der Waals surface area (Å²) in [5.74, 6) is 2.05. The number of carbonyl (C=O) groups excluding carboxylic acids is 1. The smallest absolute Gasteiger partial charge is 0.220 e. The number of carbonyl (C=O) groups is 1. The van der Waals surface area contributed by atoms with E-state index in [1.807, 2.05) is 6.07 Å². The molecule has 2 saturated carbocycles. The van der Waals surface area contributed by atoms with Crippen LogP contribution in [0.3, 0.4) is 0 Å². The number of benzene rings is 1. The minimum Gasteiger partial charge on any atom is -0.493 e. The zero-order valence-electron chi connectivity index (χ0n) is 14.2. The molecule has 0 bridgehead atoms. The van der Waals surface area contributed by atoms with Gasteiger partial charge in [-0.15, -0.1) is 0 Å². The molecule has 4 nitrogen and oxygen atoms in total. The van der Waals surface area contributed by atoms with Crippen LogP contribution in [0.4, 0.5) is 0 Å². The highest BCUT2D eigenvalue weighted by Crippen LogP contribution is 2.40. The summed E-state index contributed by atoms with van der Waals surface area (Å²) in [5.41, 5.74) is 2.40. The summed E-state index contributed by atoms with van der Waals surface area (Å²) in [4.78, 5) is 12.5. The highest BCUT2D eigenvalue weighted by molar-refractivity contribution is 5.76. The number of hydrogen-bond donors (Lipinski definition) is 2. The maximum atomic E-state index is 12.5. The van der Waals surface area contributed by atoms with Gasteiger partial charge in [0.05, 0.1) is 18.8 Å². The zero-order valence-corrected chi connectivity index (χ0v) is 14.2. The van der Waals surface area contributed by atoms with Gasteiger partial charge in [0.2, 0.25) is 5.91 Å². The molecule has 1 aliphatic heterocycles. The minimum atomic E-state index is -0.206. The monoisotopic (exact) mass is 329 g/mol. The third-order valence-electron chi connectivity index (χ3n) is 5.96. The van der Waals surface area contributed by atoms with Crippen LogP contribution in [0, 0.1) is 11.8 Å². The van der Waals surface area contributed by atoms with Gasteiger partial charge in [-0.1, -0.05) is 18.9 Å². The van der Waals surface area contributed by atoms with E-state index in [1.54, 1.807) is 0 Å². The topological polar surface area (TPSA) is 58.6 Å². The molecule has 1 amide bonds. The van der Waals surface area contributed by atoms with Crippen LogP contribution in [0.2, 0.25) is 0 Å². The molecule has 2 N–H and O–H groups in total. The summed E-state index contributed by atoms with van der Waals surface area (Å²) in [6.07, 6.45) is 7.86.